The molecule has 2 heterocycles. The molecule has 0 amide bonds. The molecule has 1 fully saturated rings. The van der Waals surface area contributed by atoms with Crippen LogP contribution in [0.2, 0.25) is 0 Å². The molecule has 2 aromatic carbocycles. The van der Waals surface area contributed by atoms with Gasteiger partial charge in [0.05, 0.1) is 20.1 Å². The van der Waals surface area contributed by atoms with Crippen molar-refractivity contribution in [2.45, 2.75) is 37.4 Å². The van der Waals surface area contributed by atoms with Crippen LogP contribution in [0.15, 0.2) is 79.3 Å². The number of aromatic nitrogens is 2. The first-order valence-corrected chi connectivity index (χ1v) is 11.6. The number of benzene rings is 2. The molecular formula is C27H32N3O3+. The van der Waals surface area contributed by atoms with Crippen LogP contribution in [0.4, 0.5) is 0 Å². The molecule has 0 radical (unpaired) electrons. The number of ether oxygens (including phenoxy) is 1. The van der Waals surface area contributed by atoms with E-state index in [1.54, 1.807) is 36.8 Å². The molecule has 2 atom stereocenters. The third kappa shape index (κ3) is 5.46. The standard InChI is InChI=1S/C27H32N3O3/c1-30(18-8-14-24-16-17-28-21-29-24)19-9-15-25(20-30)33-26(31)27(32,22-10-4-2-5-11-22)23-12-6-3-7-13-23/h2-7,10-13,16-17,21,25,32H,8-9,14-15,18-20H2,1H3/q+1/t25-,30?/m1/s1. The number of hydrogen-bond acceptors (Lipinski definition) is 5. The van der Waals surface area contributed by atoms with Crippen LogP contribution in [0.1, 0.15) is 36.1 Å². The van der Waals surface area contributed by atoms with Crippen LogP contribution >= 0.6 is 0 Å². The van der Waals surface area contributed by atoms with Crippen LogP contribution in [0.25, 0.3) is 0 Å². The highest BCUT2D eigenvalue weighted by molar-refractivity contribution is 5.85. The molecule has 1 N–H and O–H groups in total. The number of likely N-dealkylation sites (tertiary alicyclic amines) is 1. The van der Waals surface area contributed by atoms with Gasteiger partial charge in [-0.05, 0) is 30.0 Å². The van der Waals surface area contributed by atoms with E-state index < -0.39 is 11.6 Å². The second kappa shape index (κ2) is 10.2. The Morgan fingerprint density at radius 1 is 1.09 bits per heavy atom. The van der Waals surface area contributed by atoms with E-state index >= 15 is 0 Å². The highest BCUT2D eigenvalue weighted by atomic mass is 16.6. The summed E-state index contributed by atoms with van der Waals surface area (Å²) in [4.78, 5) is 21.7. The van der Waals surface area contributed by atoms with Crippen molar-refractivity contribution in [1.29, 1.82) is 0 Å². The summed E-state index contributed by atoms with van der Waals surface area (Å²) in [5.74, 6) is -0.612. The first-order valence-electron chi connectivity index (χ1n) is 11.6. The normalized spacial score (nSPS) is 20.8. The van der Waals surface area contributed by atoms with E-state index in [9.17, 15) is 9.90 Å². The van der Waals surface area contributed by atoms with Crippen molar-refractivity contribution in [1.82, 2.24) is 9.97 Å². The molecule has 1 aliphatic heterocycles. The van der Waals surface area contributed by atoms with Crippen molar-refractivity contribution in [2.75, 3.05) is 26.7 Å². The zero-order valence-corrected chi connectivity index (χ0v) is 19.1. The summed E-state index contributed by atoms with van der Waals surface area (Å²) in [6, 6.07) is 20.0. The number of aryl methyl sites for hydroxylation is 1. The van der Waals surface area contributed by atoms with E-state index in [2.05, 4.69) is 17.0 Å². The average molecular weight is 447 g/mol. The topological polar surface area (TPSA) is 72.3 Å². The predicted octanol–water partition coefficient (Wildman–Crippen LogP) is 3.50. The van der Waals surface area contributed by atoms with Crippen molar-refractivity contribution in [3.8, 4) is 0 Å². The van der Waals surface area contributed by atoms with E-state index in [0.29, 0.717) is 11.1 Å². The van der Waals surface area contributed by atoms with Crippen LogP contribution in [-0.2, 0) is 21.6 Å². The maximum Gasteiger partial charge on any atom is 0.348 e. The monoisotopic (exact) mass is 446 g/mol. The highest BCUT2D eigenvalue weighted by Gasteiger charge is 2.44. The molecule has 4 rings (SSSR count). The van der Waals surface area contributed by atoms with Gasteiger partial charge in [0.25, 0.3) is 0 Å². The second-order valence-electron chi connectivity index (χ2n) is 9.17. The zero-order chi connectivity index (χ0) is 23.2. The van der Waals surface area contributed by atoms with Gasteiger partial charge >= 0.3 is 5.97 Å². The molecule has 6 nitrogen and oxygen atoms in total. The molecule has 0 bridgehead atoms. The highest BCUT2D eigenvalue weighted by Crippen LogP contribution is 2.32. The number of carbonyl (C=O) groups is 1. The molecule has 1 saturated heterocycles. The van der Waals surface area contributed by atoms with Gasteiger partial charge in [0.1, 0.15) is 12.9 Å². The van der Waals surface area contributed by atoms with Gasteiger partial charge in [0.15, 0.2) is 6.10 Å². The van der Waals surface area contributed by atoms with Crippen LogP contribution in [0, 0.1) is 0 Å². The van der Waals surface area contributed by atoms with Gasteiger partial charge in [-0.15, -0.1) is 0 Å². The summed E-state index contributed by atoms with van der Waals surface area (Å²) in [6.45, 7) is 2.79. The van der Waals surface area contributed by atoms with Gasteiger partial charge in [-0.25, -0.2) is 14.8 Å². The van der Waals surface area contributed by atoms with Gasteiger partial charge in [0, 0.05) is 24.7 Å². The first kappa shape index (κ1) is 23.1. The molecular weight excluding hydrogens is 414 g/mol. The van der Waals surface area contributed by atoms with Gasteiger partial charge in [-0.1, -0.05) is 60.7 Å². The van der Waals surface area contributed by atoms with Crippen LogP contribution in [0.5, 0.6) is 0 Å². The lowest BCUT2D eigenvalue weighted by Gasteiger charge is -2.41. The van der Waals surface area contributed by atoms with Gasteiger partial charge in [-0.3, -0.25) is 0 Å². The van der Waals surface area contributed by atoms with Crippen molar-refractivity contribution in [2.24, 2.45) is 0 Å². The van der Waals surface area contributed by atoms with E-state index in [4.69, 9.17) is 4.74 Å². The Morgan fingerprint density at radius 3 is 2.36 bits per heavy atom. The molecule has 0 spiro atoms. The lowest BCUT2D eigenvalue weighted by Crippen LogP contribution is -2.55. The summed E-state index contributed by atoms with van der Waals surface area (Å²) in [6.07, 6.45) is 6.84. The molecule has 1 aliphatic rings. The largest absolute Gasteiger partial charge is 0.454 e. The summed E-state index contributed by atoms with van der Waals surface area (Å²) >= 11 is 0. The molecule has 0 aliphatic carbocycles. The fraction of sp³-hybridized carbons (Fsp3) is 0.370. The Hall–Kier alpha value is -3.09. The van der Waals surface area contributed by atoms with Crippen molar-refractivity contribution in [3.63, 3.8) is 0 Å². The SMILES string of the molecule is C[N+]1(CCCc2ccncn2)CCC[C@@H](OC(=O)C(O)(c2ccccc2)c2ccccc2)C1. The number of hydrogen-bond donors (Lipinski definition) is 1. The summed E-state index contributed by atoms with van der Waals surface area (Å²) in [5.41, 5.74) is 0.238. The number of piperidine rings is 1. The molecule has 1 unspecified atom stereocenters. The summed E-state index contributed by atoms with van der Waals surface area (Å²) in [5, 5.41) is 11.7. The van der Waals surface area contributed by atoms with Gasteiger partial charge in [-0.2, -0.15) is 0 Å². The van der Waals surface area contributed by atoms with E-state index in [1.165, 1.54) is 0 Å². The number of likely N-dealkylation sites (N-methyl/N-ethyl adjacent to an activating group) is 1. The van der Waals surface area contributed by atoms with E-state index in [1.807, 2.05) is 42.5 Å². The predicted molar refractivity (Wildman–Crippen MR) is 126 cm³/mol. The van der Waals surface area contributed by atoms with Crippen molar-refractivity contribution < 1.29 is 19.1 Å². The molecule has 3 aromatic rings. The van der Waals surface area contributed by atoms with Crippen molar-refractivity contribution >= 4 is 5.97 Å². The van der Waals surface area contributed by atoms with Gasteiger partial charge < -0.3 is 14.3 Å². The maximum absolute atomic E-state index is 13.5. The smallest absolute Gasteiger partial charge is 0.348 e. The third-order valence-corrected chi connectivity index (χ3v) is 6.59. The maximum atomic E-state index is 13.5. The Morgan fingerprint density at radius 2 is 1.76 bits per heavy atom. The third-order valence-electron chi connectivity index (χ3n) is 6.59. The fourth-order valence-electron chi connectivity index (χ4n) is 4.78. The minimum Gasteiger partial charge on any atom is -0.454 e. The number of rotatable bonds is 8. The van der Waals surface area contributed by atoms with Crippen LogP contribution in [0.3, 0.4) is 0 Å². The molecule has 33 heavy (non-hydrogen) atoms. The average Bonchev–Trinajstić information content (AvgIpc) is 2.85. The lowest BCUT2D eigenvalue weighted by molar-refractivity contribution is -0.917. The number of carbonyl (C=O) groups excluding carboxylic acids is 1. The second-order valence-corrected chi connectivity index (χ2v) is 9.17. The first-order chi connectivity index (χ1) is 16.0. The van der Waals surface area contributed by atoms with Gasteiger partial charge in [0.2, 0.25) is 5.60 Å². The quantitative estimate of drug-likeness (QED) is 0.424. The van der Waals surface area contributed by atoms with Crippen LogP contribution < -0.4 is 0 Å². The molecule has 172 valence electrons. The molecule has 1 aromatic heterocycles. The number of nitrogens with zero attached hydrogens (tertiary/aromatic N) is 3. The zero-order valence-electron chi connectivity index (χ0n) is 19.1. The summed E-state index contributed by atoms with van der Waals surface area (Å²) in [7, 11) is 2.22. The number of quaternary nitrogens is 1. The molecule has 6 heteroatoms. The fourth-order valence-corrected chi connectivity index (χ4v) is 4.78. The Kier molecular flexibility index (Phi) is 7.16. The van der Waals surface area contributed by atoms with E-state index in [0.717, 1.165) is 55.5 Å². The van der Waals surface area contributed by atoms with E-state index in [-0.39, 0.29) is 6.10 Å². The number of esters is 1. The Balaban J connectivity index is 1.44. The lowest BCUT2D eigenvalue weighted by atomic mass is 9.86. The molecule has 0 saturated carbocycles. The Bertz CT molecular complexity index is 991. The Labute approximate surface area is 195 Å². The van der Waals surface area contributed by atoms with Crippen molar-refractivity contribution in [3.05, 3.63) is 96.1 Å². The van der Waals surface area contributed by atoms with Crippen LogP contribution in [-0.4, -0.2) is 58.3 Å². The number of aliphatic hydroxyl groups is 1. The summed E-state index contributed by atoms with van der Waals surface area (Å²) < 4.78 is 6.85. The minimum absolute atomic E-state index is 0.228. The minimum atomic E-state index is -1.84.